The lowest BCUT2D eigenvalue weighted by molar-refractivity contribution is -0.112. The highest BCUT2D eigenvalue weighted by molar-refractivity contribution is 6.42. The Hall–Kier alpha value is -2.39. The van der Waals surface area contributed by atoms with Crippen LogP contribution in [0.4, 0.5) is 5.69 Å². The Morgan fingerprint density at radius 1 is 1.12 bits per heavy atom. The number of hydrogen-bond acceptors (Lipinski definition) is 4. The van der Waals surface area contributed by atoms with Gasteiger partial charge in [0.25, 0.3) is 5.91 Å². The molecule has 1 amide bonds. The summed E-state index contributed by atoms with van der Waals surface area (Å²) in [5.74, 6) is 0.515. The number of rotatable bonds is 3. The van der Waals surface area contributed by atoms with Crippen LogP contribution in [0, 0.1) is 11.3 Å². The van der Waals surface area contributed by atoms with E-state index >= 15 is 0 Å². The number of ether oxygens (including phenoxy) is 2. The average Bonchev–Trinajstić information content (AvgIpc) is 3.03. The van der Waals surface area contributed by atoms with Crippen LogP contribution in [0.3, 0.4) is 0 Å². The zero-order chi connectivity index (χ0) is 18.0. The number of fused-ring (bicyclic) bond motifs is 1. The van der Waals surface area contributed by atoms with Crippen molar-refractivity contribution in [3.63, 3.8) is 0 Å². The van der Waals surface area contributed by atoms with E-state index in [1.54, 1.807) is 18.2 Å². The Balaban J connectivity index is 1.86. The Bertz CT molecular complexity index is 912. The molecule has 0 unspecified atom stereocenters. The van der Waals surface area contributed by atoms with Gasteiger partial charge in [-0.3, -0.25) is 4.79 Å². The molecular weight excluding hydrogens is 387 g/mol. The van der Waals surface area contributed by atoms with Crippen LogP contribution in [0.25, 0.3) is 6.08 Å². The normalized spacial score (nSPS) is 12.6. The second kappa shape index (κ2) is 7.24. The summed E-state index contributed by atoms with van der Waals surface area (Å²) < 4.78 is 10.5. The van der Waals surface area contributed by atoms with Crippen LogP contribution < -0.4 is 14.8 Å². The minimum Gasteiger partial charge on any atom is -0.454 e. The number of carbonyl (C=O) groups is 1. The third kappa shape index (κ3) is 3.83. The zero-order valence-electron chi connectivity index (χ0n) is 12.5. The predicted octanol–water partition coefficient (Wildman–Crippen LogP) is 4.92. The Morgan fingerprint density at radius 3 is 2.48 bits per heavy atom. The van der Waals surface area contributed by atoms with Crippen LogP contribution in [-0.2, 0) is 4.79 Å². The van der Waals surface area contributed by atoms with Crippen molar-refractivity contribution in [2.75, 3.05) is 12.1 Å². The Morgan fingerprint density at radius 2 is 1.80 bits per heavy atom. The number of anilines is 1. The van der Waals surface area contributed by atoms with E-state index in [9.17, 15) is 10.1 Å². The Labute approximate surface area is 158 Å². The minimum absolute atomic E-state index is 0.124. The van der Waals surface area contributed by atoms with Gasteiger partial charge in [-0.25, -0.2) is 0 Å². The van der Waals surface area contributed by atoms with Crippen molar-refractivity contribution in [2.45, 2.75) is 0 Å². The molecule has 0 atom stereocenters. The average molecular weight is 396 g/mol. The van der Waals surface area contributed by atoms with Gasteiger partial charge in [0.05, 0.1) is 15.7 Å². The van der Waals surface area contributed by atoms with Crippen molar-refractivity contribution >= 4 is 52.5 Å². The number of hydrogen-bond donors (Lipinski definition) is 1. The van der Waals surface area contributed by atoms with E-state index in [1.807, 2.05) is 6.07 Å². The molecule has 3 rings (SSSR count). The van der Waals surface area contributed by atoms with Crippen LogP contribution in [0.1, 0.15) is 5.56 Å². The van der Waals surface area contributed by atoms with Crippen molar-refractivity contribution in [1.29, 1.82) is 5.26 Å². The van der Waals surface area contributed by atoms with Crippen molar-refractivity contribution in [2.24, 2.45) is 0 Å². The van der Waals surface area contributed by atoms with E-state index in [0.29, 0.717) is 22.1 Å². The fourth-order valence-corrected chi connectivity index (χ4v) is 3.07. The van der Waals surface area contributed by atoms with Gasteiger partial charge in [-0.15, -0.1) is 0 Å². The van der Waals surface area contributed by atoms with E-state index in [4.69, 9.17) is 44.3 Å². The summed E-state index contributed by atoms with van der Waals surface area (Å²) in [6, 6.07) is 9.83. The van der Waals surface area contributed by atoms with Gasteiger partial charge in [0.15, 0.2) is 11.5 Å². The molecule has 1 aliphatic rings. The molecule has 0 bridgehead atoms. The lowest BCUT2D eigenvalue weighted by Gasteiger charge is -2.09. The number of halogens is 3. The quantitative estimate of drug-likeness (QED) is 0.591. The largest absolute Gasteiger partial charge is 0.454 e. The van der Waals surface area contributed by atoms with Crippen LogP contribution in [0.5, 0.6) is 11.5 Å². The van der Waals surface area contributed by atoms with Gasteiger partial charge in [0.2, 0.25) is 6.79 Å². The second-order valence-electron chi connectivity index (χ2n) is 4.98. The number of carbonyl (C=O) groups excluding carboxylic acids is 1. The standard InChI is InChI=1S/C17H9Cl3N2O3/c18-11-5-12(19)16(13(20)6-11)22-17(23)10(7-21)3-9-1-2-14-15(4-9)25-8-24-14/h1-6H,8H2,(H,22,23). The molecule has 0 aromatic heterocycles. The molecule has 5 nitrogen and oxygen atoms in total. The predicted molar refractivity (Wildman–Crippen MR) is 96.3 cm³/mol. The highest BCUT2D eigenvalue weighted by Gasteiger charge is 2.16. The molecule has 1 N–H and O–H groups in total. The third-order valence-electron chi connectivity index (χ3n) is 3.32. The summed E-state index contributed by atoms with van der Waals surface area (Å²) in [6.45, 7) is 0.141. The molecule has 25 heavy (non-hydrogen) atoms. The summed E-state index contributed by atoms with van der Waals surface area (Å²) in [6.07, 6.45) is 1.43. The maximum Gasteiger partial charge on any atom is 0.266 e. The summed E-state index contributed by atoms with van der Waals surface area (Å²) in [5.41, 5.74) is 0.676. The second-order valence-corrected chi connectivity index (χ2v) is 6.23. The van der Waals surface area contributed by atoms with Crippen LogP contribution >= 0.6 is 34.8 Å². The summed E-state index contributed by atoms with van der Waals surface area (Å²) >= 11 is 17.9. The van der Waals surface area contributed by atoms with Gasteiger partial charge in [-0.1, -0.05) is 40.9 Å². The molecule has 0 saturated carbocycles. The molecule has 0 spiro atoms. The summed E-state index contributed by atoms with van der Waals surface area (Å²) in [7, 11) is 0. The van der Waals surface area contributed by atoms with E-state index in [2.05, 4.69) is 5.32 Å². The number of nitriles is 1. The number of benzene rings is 2. The minimum atomic E-state index is -0.647. The van der Waals surface area contributed by atoms with Gasteiger partial charge in [-0.2, -0.15) is 5.26 Å². The molecule has 2 aromatic rings. The lowest BCUT2D eigenvalue weighted by Crippen LogP contribution is -2.14. The van der Waals surface area contributed by atoms with Gasteiger partial charge in [0.1, 0.15) is 11.6 Å². The lowest BCUT2D eigenvalue weighted by atomic mass is 10.1. The molecule has 1 heterocycles. The summed E-state index contributed by atoms with van der Waals surface area (Å²) in [4.78, 5) is 12.4. The van der Waals surface area contributed by atoms with Crippen molar-refractivity contribution in [1.82, 2.24) is 0 Å². The SMILES string of the molecule is N#CC(=Cc1ccc2c(c1)OCO2)C(=O)Nc1c(Cl)cc(Cl)cc1Cl. The molecule has 2 aromatic carbocycles. The van der Waals surface area contributed by atoms with Crippen LogP contribution in [0.15, 0.2) is 35.9 Å². The van der Waals surface area contributed by atoms with Gasteiger partial charge in [-0.05, 0) is 35.9 Å². The topological polar surface area (TPSA) is 71.3 Å². The molecule has 0 radical (unpaired) electrons. The van der Waals surface area contributed by atoms with Crippen LogP contribution in [0.2, 0.25) is 15.1 Å². The van der Waals surface area contributed by atoms with E-state index < -0.39 is 5.91 Å². The first-order chi connectivity index (χ1) is 12.0. The first kappa shape index (κ1) is 17.4. The smallest absolute Gasteiger partial charge is 0.266 e. The van der Waals surface area contributed by atoms with Gasteiger partial charge >= 0.3 is 0 Å². The molecule has 1 aliphatic heterocycles. The van der Waals surface area contributed by atoms with Crippen molar-refractivity contribution in [3.05, 3.63) is 56.5 Å². The number of nitrogens with one attached hydrogen (secondary N) is 1. The van der Waals surface area contributed by atoms with Crippen molar-refractivity contribution in [3.8, 4) is 17.6 Å². The zero-order valence-corrected chi connectivity index (χ0v) is 14.7. The maximum absolute atomic E-state index is 12.4. The fourth-order valence-electron chi connectivity index (χ4n) is 2.16. The van der Waals surface area contributed by atoms with E-state index in [0.717, 1.165) is 0 Å². The number of nitrogens with zero attached hydrogens (tertiary/aromatic N) is 1. The van der Waals surface area contributed by atoms with Gasteiger partial charge < -0.3 is 14.8 Å². The van der Waals surface area contributed by atoms with E-state index in [1.165, 1.54) is 18.2 Å². The van der Waals surface area contributed by atoms with Gasteiger partial charge in [0, 0.05) is 5.02 Å². The molecule has 8 heteroatoms. The van der Waals surface area contributed by atoms with Crippen LogP contribution in [-0.4, -0.2) is 12.7 Å². The fraction of sp³-hybridized carbons (Fsp3) is 0.0588. The molecule has 0 fully saturated rings. The highest BCUT2D eigenvalue weighted by atomic mass is 35.5. The molecule has 126 valence electrons. The summed E-state index contributed by atoms with van der Waals surface area (Å²) in [5, 5.41) is 12.5. The molecule has 0 saturated heterocycles. The molecular formula is C17H9Cl3N2O3. The number of amides is 1. The maximum atomic E-state index is 12.4. The highest BCUT2D eigenvalue weighted by Crippen LogP contribution is 2.35. The van der Waals surface area contributed by atoms with Crippen molar-refractivity contribution < 1.29 is 14.3 Å². The first-order valence-corrected chi connectivity index (χ1v) is 8.08. The third-order valence-corrected chi connectivity index (χ3v) is 4.13. The first-order valence-electron chi connectivity index (χ1n) is 6.95. The monoisotopic (exact) mass is 394 g/mol. The van der Waals surface area contributed by atoms with E-state index in [-0.39, 0.29) is 28.1 Å². The Kier molecular flexibility index (Phi) is 5.05. The molecule has 0 aliphatic carbocycles.